The first kappa shape index (κ1) is 31.9. The number of aliphatic hydroxyl groups excluding tert-OH is 1. The summed E-state index contributed by atoms with van der Waals surface area (Å²) in [6.07, 6.45) is 5.70. The first-order valence-electron chi connectivity index (χ1n) is 16.0. The van der Waals surface area contributed by atoms with Gasteiger partial charge in [-0.2, -0.15) is 0 Å². The molecule has 236 valence electrons. The number of anilines is 1. The Morgan fingerprint density at radius 1 is 1.09 bits per heavy atom. The summed E-state index contributed by atoms with van der Waals surface area (Å²) in [6.45, 7) is 16.6. The summed E-state index contributed by atoms with van der Waals surface area (Å²) in [5.74, 6) is -2.09. The fourth-order valence-corrected chi connectivity index (χ4v) is 8.09. The molecule has 3 aliphatic heterocycles. The van der Waals surface area contributed by atoms with Crippen molar-refractivity contribution in [3.8, 4) is 0 Å². The Balaban J connectivity index is 1.63. The number of aliphatic hydroxyl groups is 1. The van der Waals surface area contributed by atoms with E-state index in [1.165, 1.54) is 0 Å². The normalized spacial score (nSPS) is 27.9. The number of carbonyl (C=O) groups is 3. The number of rotatable bonds is 13. The number of ether oxygens (including phenoxy) is 1. The van der Waals surface area contributed by atoms with Crippen LogP contribution in [0.25, 0.3) is 10.8 Å². The molecule has 6 atom stereocenters. The summed E-state index contributed by atoms with van der Waals surface area (Å²) >= 11 is 0. The van der Waals surface area contributed by atoms with Crippen LogP contribution in [0.5, 0.6) is 0 Å². The summed E-state index contributed by atoms with van der Waals surface area (Å²) in [5.41, 5.74) is -1.37. The summed E-state index contributed by atoms with van der Waals surface area (Å²) in [6, 6.07) is 12.2. The molecule has 44 heavy (non-hydrogen) atoms. The summed E-state index contributed by atoms with van der Waals surface area (Å²) in [4.78, 5) is 49.0. The first-order valence-corrected chi connectivity index (χ1v) is 16.0. The minimum atomic E-state index is -1.18. The quantitative estimate of drug-likeness (QED) is 0.328. The van der Waals surface area contributed by atoms with Crippen molar-refractivity contribution < 1.29 is 24.2 Å². The van der Waals surface area contributed by atoms with E-state index in [0.717, 1.165) is 17.2 Å². The Morgan fingerprint density at radius 3 is 2.43 bits per heavy atom. The third-order valence-electron chi connectivity index (χ3n) is 9.84. The maximum Gasteiger partial charge on any atom is 0.253 e. The highest BCUT2D eigenvalue weighted by atomic mass is 16.5. The van der Waals surface area contributed by atoms with Crippen molar-refractivity contribution in [2.45, 2.75) is 76.7 Å². The number of nitrogens with zero attached hydrogens (tertiary/aromatic N) is 3. The molecule has 0 radical (unpaired) electrons. The predicted octanol–water partition coefficient (Wildman–Crippen LogP) is 4.96. The first-order chi connectivity index (χ1) is 21.1. The second-order valence-corrected chi connectivity index (χ2v) is 13.3. The molecule has 5 rings (SSSR count). The Hall–Kier alpha value is -3.49. The van der Waals surface area contributed by atoms with Crippen molar-refractivity contribution in [2.75, 3.05) is 31.1 Å². The SMILES string of the molecule is C=CCN(CCC)C(=O)[C@H]1[C@H]2C(=O)N([C@@H](CO)CC(C)C)C(C(=O)N(CC=C)c3ccc4ccccc4c3)C23CC[C@]1(C)O3. The molecule has 8 nitrogen and oxygen atoms in total. The standard InChI is InChI=1S/C36H47N3O5/c1-7-18-37(19-8-2)32(41)29-30-33(42)39(28(23-40)21-24(4)5)31(36(30)17-16-35(29,6)44-36)34(43)38(20-9-3)27-15-14-25-12-10-11-13-26(25)22-27/h7,9-15,22,24,28-31,40H,1,3,8,16-21,23H2,2,4-6H3/t28-,29-,30+,31?,35+,36?/m1/s1. The molecule has 3 heterocycles. The molecule has 3 aliphatic rings. The monoisotopic (exact) mass is 601 g/mol. The van der Waals surface area contributed by atoms with Gasteiger partial charge in [0.1, 0.15) is 11.6 Å². The largest absolute Gasteiger partial charge is 0.394 e. The maximum atomic E-state index is 15.0. The number of hydrogen-bond acceptors (Lipinski definition) is 5. The molecular formula is C36H47N3O5. The molecule has 3 amide bonds. The van der Waals surface area contributed by atoms with Gasteiger partial charge in [-0.1, -0.05) is 63.3 Å². The van der Waals surface area contributed by atoms with Crippen LogP contribution >= 0.6 is 0 Å². The van der Waals surface area contributed by atoms with Gasteiger partial charge in [0.15, 0.2) is 0 Å². The smallest absolute Gasteiger partial charge is 0.253 e. The number of fused-ring (bicyclic) bond motifs is 2. The van der Waals surface area contributed by atoms with E-state index in [9.17, 15) is 19.5 Å². The van der Waals surface area contributed by atoms with E-state index < -0.39 is 35.1 Å². The van der Waals surface area contributed by atoms with Crippen molar-refractivity contribution >= 4 is 34.2 Å². The lowest BCUT2D eigenvalue weighted by Crippen LogP contribution is -2.59. The highest BCUT2D eigenvalue weighted by Gasteiger charge is 2.78. The molecule has 1 spiro atoms. The lowest BCUT2D eigenvalue weighted by atomic mass is 9.66. The molecule has 3 saturated heterocycles. The molecule has 2 aromatic rings. The average molecular weight is 602 g/mol. The van der Waals surface area contributed by atoms with Crippen molar-refractivity contribution in [2.24, 2.45) is 17.8 Å². The van der Waals surface area contributed by atoms with Crippen LogP contribution in [0.4, 0.5) is 5.69 Å². The van der Waals surface area contributed by atoms with Crippen LogP contribution in [0.2, 0.25) is 0 Å². The van der Waals surface area contributed by atoms with Crippen LogP contribution < -0.4 is 4.90 Å². The van der Waals surface area contributed by atoms with Crippen LogP contribution in [-0.2, 0) is 19.1 Å². The van der Waals surface area contributed by atoms with Crippen LogP contribution in [0.1, 0.15) is 53.4 Å². The third-order valence-corrected chi connectivity index (χ3v) is 9.84. The summed E-state index contributed by atoms with van der Waals surface area (Å²) in [7, 11) is 0. The lowest BCUT2D eigenvalue weighted by molar-refractivity contribution is -0.152. The number of carbonyl (C=O) groups excluding carboxylic acids is 3. The van der Waals surface area contributed by atoms with Gasteiger partial charge in [-0.05, 0) is 61.4 Å². The minimum Gasteiger partial charge on any atom is -0.394 e. The van der Waals surface area contributed by atoms with E-state index in [0.29, 0.717) is 38.0 Å². The minimum absolute atomic E-state index is 0.135. The molecule has 1 N–H and O–H groups in total. The van der Waals surface area contributed by atoms with Crippen molar-refractivity contribution in [3.05, 3.63) is 67.8 Å². The van der Waals surface area contributed by atoms with E-state index in [-0.39, 0.29) is 36.8 Å². The molecule has 2 unspecified atom stereocenters. The highest BCUT2D eigenvalue weighted by Crippen LogP contribution is 2.64. The Bertz CT molecular complexity index is 1440. The molecular weight excluding hydrogens is 554 g/mol. The van der Waals surface area contributed by atoms with Gasteiger partial charge in [-0.15, -0.1) is 13.2 Å². The predicted molar refractivity (Wildman–Crippen MR) is 173 cm³/mol. The van der Waals surface area contributed by atoms with Gasteiger partial charge < -0.3 is 24.5 Å². The Kier molecular flexibility index (Phi) is 9.06. The van der Waals surface area contributed by atoms with Crippen LogP contribution in [0.15, 0.2) is 67.8 Å². The molecule has 2 bridgehead atoms. The summed E-state index contributed by atoms with van der Waals surface area (Å²) in [5, 5.41) is 12.7. The van der Waals surface area contributed by atoms with Crippen LogP contribution in [-0.4, -0.2) is 82.2 Å². The van der Waals surface area contributed by atoms with Gasteiger partial charge >= 0.3 is 0 Å². The van der Waals surface area contributed by atoms with E-state index in [2.05, 4.69) is 13.2 Å². The molecule has 2 aromatic carbocycles. The van der Waals surface area contributed by atoms with Crippen molar-refractivity contribution in [1.29, 1.82) is 0 Å². The van der Waals surface area contributed by atoms with Crippen molar-refractivity contribution in [3.63, 3.8) is 0 Å². The molecule has 3 fully saturated rings. The highest BCUT2D eigenvalue weighted by molar-refractivity contribution is 6.06. The maximum absolute atomic E-state index is 15.0. The number of amides is 3. The summed E-state index contributed by atoms with van der Waals surface area (Å²) < 4.78 is 6.89. The molecule has 8 heteroatoms. The second-order valence-electron chi connectivity index (χ2n) is 13.3. The number of benzene rings is 2. The molecule has 0 aliphatic carbocycles. The average Bonchev–Trinajstić information content (AvgIpc) is 3.58. The molecule has 0 aromatic heterocycles. The molecule has 0 saturated carbocycles. The Labute approximate surface area is 261 Å². The van der Waals surface area contributed by atoms with Gasteiger partial charge in [-0.25, -0.2) is 0 Å². The Morgan fingerprint density at radius 2 is 1.80 bits per heavy atom. The zero-order valence-corrected chi connectivity index (χ0v) is 26.6. The number of hydrogen-bond donors (Lipinski definition) is 1. The zero-order chi connectivity index (χ0) is 31.8. The van der Waals surface area contributed by atoms with Gasteiger partial charge in [0.25, 0.3) is 5.91 Å². The van der Waals surface area contributed by atoms with E-state index in [4.69, 9.17) is 4.74 Å². The van der Waals surface area contributed by atoms with Crippen LogP contribution in [0, 0.1) is 17.8 Å². The fraction of sp³-hybridized carbons (Fsp3) is 0.528. The second kappa shape index (κ2) is 12.5. The van der Waals surface area contributed by atoms with E-state index >= 15 is 0 Å². The lowest BCUT2D eigenvalue weighted by Gasteiger charge is -2.40. The van der Waals surface area contributed by atoms with Gasteiger partial charge in [-0.3, -0.25) is 14.4 Å². The number of likely N-dealkylation sites (tertiary alicyclic amines) is 1. The van der Waals surface area contributed by atoms with Gasteiger partial charge in [0.2, 0.25) is 11.8 Å². The van der Waals surface area contributed by atoms with Gasteiger partial charge in [0.05, 0.1) is 30.1 Å². The van der Waals surface area contributed by atoms with E-state index in [1.54, 1.807) is 26.9 Å². The van der Waals surface area contributed by atoms with E-state index in [1.807, 2.05) is 70.2 Å². The third kappa shape index (κ3) is 5.16. The van der Waals surface area contributed by atoms with Crippen LogP contribution in [0.3, 0.4) is 0 Å². The fourth-order valence-electron chi connectivity index (χ4n) is 8.09. The zero-order valence-electron chi connectivity index (χ0n) is 26.6. The van der Waals surface area contributed by atoms with Crippen molar-refractivity contribution in [1.82, 2.24) is 9.80 Å². The topological polar surface area (TPSA) is 90.4 Å². The van der Waals surface area contributed by atoms with Gasteiger partial charge in [0, 0.05) is 25.3 Å².